The predicted octanol–water partition coefficient (Wildman–Crippen LogP) is 6.02. The Labute approximate surface area is 119 Å². The highest BCUT2D eigenvalue weighted by molar-refractivity contribution is 8.13. The fraction of sp³-hybridized carbons (Fsp3) is 0.500. The molecule has 1 heterocycles. The number of benzene rings is 1. The summed E-state index contributed by atoms with van der Waals surface area (Å²) in [4.78, 5) is 2.64. The second kappa shape index (κ2) is 5.78. The summed E-state index contributed by atoms with van der Waals surface area (Å²) in [5.41, 5.74) is 3.10. The van der Waals surface area contributed by atoms with Crippen molar-refractivity contribution in [3.05, 3.63) is 30.3 Å². The molecule has 0 saturated heterocycles. The smallest absolute Gasteiger partial charge is 0.0723 e. The topological polar surface area (TPSA) is 3.24 Å². The Morgan fingerprint density at radius 1 is 0.842 bits per heavy atom. The lowest BCUT2D eigenvalue weighted by Gasteiger charge is -2.39. The molecule has 0 amide bonds. The summed E-state index contributed by atoms with van der Waals surface area (Å²) in [6.45, 7) is 14.2. The average Bonchev–Trinajstić information content (AvgIpc) is 2.38. The molecule has 0 radical (unpaired) electrons. The Bertz CT molecular complexity index is 527. The van der Waals surface area contributed by atoms with E-state index in [0.29, 0.717) is 12.1 Å². The highest BCUT2D eigenvalue weighted by atomic mass is 31.9. The molecule has 0 aliphatic heterocycles. The van der Waals surface area contributed by atoms with E-state index in [4.69, 9.17) is 0 Å². The van der Waals surface area contributed by atoms with Crippen LogP contribution in [0.1, 0.15) is 27.7 Å². The van der Waals surface area contributed by atoms with Crippen molar-refractivity contribution < 1.29 is 0 Å². The first-order valence-electron chi connectivity index (χ1n) is 7.00. The van der Waals surface area contributed by atoms with Crippen LogP contribution in [-0.4, -0.2) is 12.1 Å². The summed E-state index contributed by atoms with van der Waals surface area (Å²) in [5, 5.41) is 1.65. The molecule has 3 heteroatoms. The molecule has 2 rings (SSSR count). The van der Waals surface area contributed by atoms with Gasteiger partial charge in [0, 0.05) is 17.4 Å². The summed E-state index contributed by atoms with van der Waals surface area (Å²) < 4.78 is 0. The van der Waals surface area contributed by atoms with Crippen LogP contribution >= 0.6 is 14.4 Å². The van der Waals surface area contributed by atoms with Gasteiger partial charge in [-0.2, -0.15) is 0 Å². The van der Waals surface area contributed by atoms with Crippen LogP contribution < -0.4 is 4.90 Å². The Kier molecular flexibility index (Phi) is 4.49. The van der Waals surface area contributed by atoms with Gasteiger partial charge < -0.3 is 4.90 Å². The molecular formula is C16H25NP2. The van der Waals surface area contributed by atoms with Crippen molar-refractivity contribution in [2.75, 3.05) is 4.90 Å². The van der Waals surface area contributed by atoms with Crippen molar-refractivity contribution >= 4 is 19.8 Å². The van der Waals surface area contributed by atoms with Gasteiger partial charge in [0.05, 0.1) is 5.42 Å². The zero-order valence-corrected chi connectivity index (χ0v) is 14.7. The second-order valence-electron chi connectivity index (χ2n) is 5.68. The van der Waals surface area contributed by atoms with E-state index in [0.717, 1.165) is 0 Å². The van der Waals surface area contributed by atoms with Gasteiger partial charge >= 0.3 is 0 Å². The van der Waals surface area contributed by atoms with E-state index in [2.05, 4.69) is 76.3 Å². The fourth-order valence-corrected chi connectivity index (χ4v) is 8.78. The summed E-state index contributed by atoms with van der Waals surface area (Å²) in [6, 6.07) is 12.1. The van der Waals surface area contributed by atoms with Crippen molar-refractivity contribution in [3.63, 3.8) is 0 Å². The summed E-state index contributed by atoms with van der Waals surface area (Å²) in [5.74, 6) is 0. The van der Waals surface area contributed by atoms with Gasteiger partial charge in [-0.1, -0.05) is 44.8 Å². The maximum Gasteiger partial charge on any atom is 0.0723 e. The van der Waals surface area contributed by atoms with Gasteiger partial charge in [-0.05, 0) is 46.6 Å². The maximum absolute atomic E-state index is 2.64. The van der Waals surface area contributed by atoms with E-state index in [1.54, 1.807) is 10.7 Å². The third kappa shape index (κ3) is 2.64. The Balaban J connectivity index is 2.51. The third-order valence-corrected chi connectivity index (χ3v) is 10.8. The van der Waals surface area contributed by atoms with Crippen LogP contribution in [0.2, 0.25) is 0 Å². The minimum atomic E-state index is 0.0608. The highest BCUT2D eigenvalue weighted by Gasteiger charge is 2.26. The van der Waals surface area contributed by atoms with Gasteiger partial charge in [0.2, 0.25) is 0 Å². The van der Waals surface area contributed by atoms with Crippen molar-refractivity contribution in [2.24, 2.45) is 13.3 Å². The molecule has 1 aromatic heterocycles. The molecule has 1 nitrogen and oxygen atoms in total. The Morgan fingerprint density at radius 2 is 1.37 bits per heavy atom. The Morgan fingerprint density at radius 3 is 1.84 bits per heavy atom. The molecule has 1 aromatic carbocycles. The van der Waals surface area contributed by atoms with Crippen LogP contribution in [0, 0.1) is 0 Å². The molecule has 2 aromatic rings. The minimum Gasteiger partial charge on any atom is -0.363 e. The van der Waals surface area contributed by atoms with E-state index >= 15 is 0 Å². The van der Waals surface area contributed by atoms with Gasteiger partial charge in [-0.15, -0.1) is 0 Å². The molecule has 2 atom stereocenters. The van der Waals surface area contributed by atoms with Gasteiger partial charge in [-0.3, -0.25) is 0 Å². The summed E-state index contributed by atoms with van der Waals surface area (Å²) in [6.07, 6.45) is 0. The van der Waals surface area contributed by atoms with Crippen molar-refractivity contribution in [1.29, 1.82) is 0 Å². The molecule has 0 N–H and O–H groups in total. The number of rotatable bonds is 4. The maximum atomic E-state index is 2.64. The highest BCUT2D eigenvalue weighted by Crippen LogP contribution is 2.70. The molecule has 0 spiro atoms. The van der Waals surface area contributed by atoms with E-state index in [-0.39, 0.29) is 14.4 Å². The lowest BCUT2D eigenvalue weighted by atomic mass is 10.1. The van der Waals surface area contributed by atoms with Gasteiger partial charge in [0.15, 0.2) is 0 Å². The number of hydrogen-bond acceptors (Lipinski definition) is 1. The molecule has 0 aliphatic rings. The quantitative estimate of drug-likeness (QED) is 0.665. The predicted molar refractivity (Wildman–Crippen MR) is 92.0 cm³/mol. The van der Waals surface area contributed by atoms with Crippen LogP contribution in [0.5, 0.6) is 0 Å². The zero-order valence-electron chi connectivity index (χ0n) is 12.9. The monoisotopic (exact) mass is 293 g/mol. The fourth-order valence-electron chi connectivity index (χ4n) is 2.83. The second-order valence-corrected chi connectivity index (χ2v) is 12.2. The van der Waals surface area contributed by atoms with Gasteiger partial charge in [-0.25, -0.2) is 0 Å². The van der Waals surface area contributed by atoms with Crippen molar-refractivity contribution in [3.8, 4) is 10.9 Å². The molecule has 0 aliphatic carbocycles. The van der Waals surface area contributed by atoms with E-state index in [9.17, 15) is 0 Å². The first-order valence-corrected chi connectivity index (χ1v) is 11.3. The van der Waals surface area contributed by atoms with Crippen LogP contribution in [0.4, 0.5) is 5.42 Å². The van der Waals surface area contributed by atoms with Crippen LogP contribution in [0.15, 0.2) is 30.3 Å². The van der Waals surface area contributed by atoms with Crippen molar-refractivity contribution in [2.45, 2.75) is 39.8 Å². The number of hydrogen-bond donors (Lipinski definition) is 0. The van der Waals surface area contributed by atoms with E-state index < -0.39 is 0 Å². The zero-order chi connectivity index (χ0) is 14.2. The van der Waals surface area contributed by atoms with Crippen LogP contribution in [0.3, 0.4) is 0 Å². The SMILES string of the molecule is CC(C)N(c1c(-c2ccccc2)p(C)p1C)C(C)C. The molecule has 0 fully saturated rings. The first-order chi connectivity index (χ1) is 8.95. The molecule has 104 valence electrons. The standard InChI is InChI=1S/C16H25NP2/c1-12(2)17(13(3)4)16-15(18(5)19(16)6)14-10-8-7-9-11-14/h7-13H,1-6H3. The van der Waals surface area contributed by atoms with Crippen molar-refractivity contribution in [1.82, 2.24) is 0 Å². The molecule has 0 saturated carbocycles. The van der Waals surface area contributed by atoms with Gasteiger partial charge in [0.1, 0.15) is 0 Å². The van der Waals surface area contributed by atoms with E-state index in [1.165, 1.54) is 5.56 Å². The summed E-state index contributed by atoms with van der Waals surface area (Å²) in [7, 11) is 0.124. The number of nitrogens with zero attached hydrogens (tertiary/aromatic N) is 1. The molecule has 2 unspecified atom stereocenters. The summed E-state index contributed by atoms with van der Waals surface area (Å²) >= 11 is 0. The Hall–Kier alpha value is -0.640. The average molecular weight is 293 g/mol. The first kappa shape index (κ1) is 14.8. The van der Waals surface area contributed by atoms with Crippen LogP contribution in [0.25, 0.3) is 10.9 Å². The molecular weight excluding hydrogens is 268 g/mol. The lowest BCUT2D eigenvalue weighted by Crippen LogP contribution is -2.37. The lowest BCUT2D eigenvalue weighted by molar-refractivity contribution is 0.613. The molecule has 19 heavy (non-hydrogen) atoms. The normalized spacial score (nSPS) is 13.5. The molecule has 0 bridgehead atoms. The largest absolute Gasteiger partial charge is 0.363 e. The number of anilines is 1. The van der Waals surface area contributed by atoms with Crippen LogP contribution in [-0.2, 0) is 13.3 Å². The third-order valence-electron chi connectivity index (χ3n) is 3.70. The van der Waals surface area contributed by atoms with Gasteiger partial charge in [0.25, 0.3) is 0 Å². The minimum absolute atomic E-state index is 0.0608. The van der Waals surface area contributed by atoms with E-state index in [1.807, 2.05) is 0 Å².